The van der Waals surface area contributed by atoms with Crippen LogP contribution in [0.5, 0.6) is 0 Å². The summed E-state index contributed by atoms with van der Waals surface area (Å²) in [7, 11) is 4.31. The van der Waals surface area contributed by atoms with Crippen molar-refractivity contribution >= 4 is 5.69 Å². The Morgan fingerprint density at radius 3 is 1.74 bits per heavy atom. The van der Waals surface area contributed by atoms with Gasteiger partial charge >= 0.3 is 0 Å². The molecule has 0 amide bonds. The number of aryl methyl sites for hydroxylation is 1. The van der Waals surface area contributed by atoms with Crippen LogP contribution in [0.1, 0.15) is 41.7 Å². The van der Waals surface area contributed by atoms with E-state index in [0.29, 0.717) is 0 Å². The second kappa shape index (κ2) is 7.13. The summed E-state index contributed by atoms with van der Waals surface area (Å²) in [6, 6.07) is 31.7. The largest absolute Gasteiger partial charge is 0.377 e. The summed E-state index contributed by atoms with van der Waals surface area (Å²) in [5.74, 6) is 0. The Kier molecular flexibility index (Phi) is 4.51. The minimum atomic E-state index is -0.259. The lowest BCUT2D eigenvalue weighted by Gasteiger charge is -2.33. The Hall–Kier alpha value is -3.32. The Morgan fingerprint density at radius 1 is 0.581 bits per heavy atom. The van der Waals surface area contributed by atoms with Crippen molar-refractivity contribution in [1.29, 1.82) is 0 Å². The number of anilines is 1. The molecular formula is C30H29N. The number of rotatable bonds is 1. The van der Waals surface area contributed by atoms with E-state index in [9.17, 15) is 0 Å². The molecule has 0 bridgehead atoms. The van der Waals surface area contributed by atoms with E-state index >= 15 is 0 Å². The number of benzene rings is 4. The maximum Gasteiger partial charge on any atom is 0.0745 e. The zero-order chi connectivity index (χ0) is 21.8. The third kappa shape index (κ3) is 2.44. The normalized spacial score (nSPS) is 13.6. The molecule has 0 saturated heterocycles. The summed E-state index contributed by atoms with van der Waals surface area (Å²) in [4.78, 5) is 2.27. The highest BCUT2D eigenvalue weighted by atomic mass is 15.1. The number of fused-ring (bicyclic) bond motifs is 10. The van der Waals surface area contributed by atoms with E-state index in [1.807, 2.05) is 13.8 Å². The Labute approximate surface area is 186 Å². The molecule has 1 spiro atoms. The molecule has 6 rings (SSSR count). The first kappa shape index (κ1) is 19.6. The van der Waals surface area contributed by atoms with Gasteiger partial charge in [0.15, 0.2) is 0 Å². The molecule has 0 aliphatic heterocycles. The fourth-order valence-electron chi connectivity index (χ4n) is 5.66. The van der Waals surface area contributed by atoms with E-state index in [1.54, 1.807) is 0 Å². The first-order valence-corrected chi connectivity index (χ1v) is 11.3. The van der Waals surface area contributed by atoms with Crippen LogP contribution in [-0.2, 0) is 5.41 Å². The monoisotopic (exact) mass is 403 g/mol. The fourth-order valence-corrected chi connectivity index (χ4v) is 5.66. The Morgan fingerprint density at radius 2 is 1.13 bits per heavy atom. The first-order valence-electron chi connectivity index (χ1n) is 11.3. The minimum absolute atomic E-state index is 0.259. The van der Waals surface area contributed by atoms with Crippen molar-refractivity contribution in [2.45, 2.75) is 26.2 Å². The summed E-state index contributed by atoms with van der Waals surface area (Å²) in [6.07, 6.45) is 0. The van der Waals surface area contributed by atoms with Gasteiger partial charge in [-0.15, -0.1) is 0 Å². The standard InChI is InChI=1S/C28H23N.C2H6/c1-18-15-16-21-22-11-8-14-26(29(2)3)27(22)28(25(21)17-18)23-12-6-4-9-19(23)20-10-5-7-13-24(20)28;1-2/h4-17H,1-3H3;1-2H3. The second-order valence-corrected chi connectivity index (χ2v) is 8.48. The summed E-state index contributed by atoms with van der Waals surface area (Å²) in [6.45, 7) is 6.20. The highest BCUT2D eigenvalue weighted by Gasteiger charge is 2.52. The molecule has 2 aliphatic carbocycles. The summed E-state index contributed by atoms with van der Waals surface area (Å²) in [5, 5.41) is 0. The molecule has 0 unspecified atom stereocenters. The van der Waals surface area contributed by atoms with Crippen LogP contribution in [0.2, 0.25) is 0 Å². The van der Waals surface area contributed by atoms with Gasteiger partial charge in [-0.2, -0.15) is 0 Å². The van der Waals surface area contributed by atoms with Crippen LogP contribution in [0, 0.1) is 6.92 Å². The third-order valence-corrected chi connectivity index (χ3v) is 6.72. The van der Waals surface area contributed by atoms with Gasteiger partial charge in [0.25, 0.3) is 0 Å². The van der Waals surface area contributed by atoms with Crippen LogP contribution in [0.25, 0.3) is 22.3 Å². The van der Waals surface area contributed by atoms with Crippen molar-refractivity contribution in [1.82, 2.24) is 0 Å². The lowest BCUT2D eigenvalue weighted by molar-refractivity contribution is 0.788. The van der Waals surface area contributed by atoms with Crippen LogP contribution in [0.3, 0.4) is 0 Å². The van der Waals surface area contributed by atoms with Gasteiger partial charge in [0, 0.05) is 25.3 Å². The maximum absolute atomic E-state index is 2.41. The van der Waals surface area contributed by atoms with Crippen LogP contribution in [-0.4, -0.2) is 14.1 Å². The number of hydrogen-bond acceptors (Lipinski definition) is 1. The van der Waals surface area contributed by atoms with Gasteiger partial charge in [0.05, 0.1) is 5.41 Å². The molecule has 0 saturated carbocycles. The number of nitrogens with zero attached hydrogens (tertiary/aromatic N) is 1. The predicted octanol–water partition coefficient (Wildman–Crippen LogP) is 7.43. The molecule has 0 N–H and O–H groups in total. The van der Waals surface area contributed by atoms with E-state index in [0.717, 1.165) is 0 Å². The van der Waals surface area contributed by atoms with Gasteiger partial charge in [-0.25, -0.2) is 0 Å². The Balaban J connectivity index is 0.000000994. The summed E-state index contributed by atoms with van der Waals surface area (Å²) in [5.41, 5.74) is 13.4. The van der Waals surface area contributed by atoms with E-state index < -0.39 is 0 Å². The van der Waals surface area contributed by atoms with Gasteiger partial charge in [0.2, 0.25) is 0 Å². The average Bonchev–Trinajstić information content (AvgIpc) is 3.27. The van der Waals surface area contributed by atoms with Gasteiger partial charge in [-0.3, -0.25) is 0 Å². The van der Waals surface area contributed by atoms with Crippen molar-refractivity contribution in [3.63, 3.8) is 0 Å². The molecule has 31 heavy (non-hydrogen) atoms. The summed E-state index contributed by atoms with van der Waals surface area (Å²) >= 11 is 0. The van der Waals surface area contributed by atoms with E-state index in [2.05, 4.69) is 111 Å². The molecule has 4 aromatic carbocycles. The second-order valence-electron chi connectivity index (χ2n) is 8.48. The van der Waals surface area contributed by atoms with Gasteiger partial charge in [0.1, 0.15) is 0 Å². The minimum Gasteiger partial charge on any atom is -0.377 e. The third-order valence-electron chi connectivity index (χ3n) is 6.72. The predicted molar refractivity (Wildman–Crippen MR) is 133 cm³/mol. The molecule has 1 heteroatoms. The zero-order valence-electron chi connectivity index (χ0n) is 19.0. The Bertz CT molecular complexity index is 1250. The van der Waals surface area contributed by atoms with Gasteiger partial charge in [-0.1, -0.05) is 98.3 Å². The van der Waals surface area contributed by atoms with Crippen molar-refractivity contribution in [3.8, 4) is 22.3 Å². The van der Waals surface area contributed by atoms with E-state index in [-0.39, 0.29) is 5.41 Å². The van der Waals surface area contributed by atoms with Crippen LogP contribution < -0.4 is 4.90 Å². The molecule has 0 atom stereocenters. The molecule has 1 nitrogen and oxygen atoms in total. The molecular weight excluding hydrogens is 374 g/mol. The van der Waals surface area contributed by atoms with Crippen molar-refractivity contribution in [2.24, 2.45) is 0 Å². The van der Waals surface area contributed by atoms with Crippen LogP contribution in [0.4, 0.5) is 5.69 Å². The van der Waals surface area contributed by atoms with Crippen molar-refractivity contribution in [2.75, 3.05) is 19.0 Å². The van der Waals surface area contributed by atoms with E-state index in [4.69, 9.17) is 0 Å². The highest BCUT2D eigenvalue weighted by Crippen LogP contribution is 2.64. The quantitative estimate of drug-likeness (QED) is 0.276. The lowest BCUT2D eigenvalue weighted by Crippen LogP contribution is -2.28. The number of hydrogen-bond donors (Lipinski definition) is 0. The van der Waals surface area contributed by atoms with Crippen molar-refractivity contribution < 1.29 is 0 Å². The highest BCUT2D eigenvalue weighted by molar-refractivity contribution is 5.97. The average molecular weight is 404 g/mol. The molecule has 0 heterocycles. The maximum atomic E-state index is 2.41. The van der Waals surface area contributed by atoms with E-state index in [1.165, 1.54) is 55.8 Å². The molecule has 2 aliphatic rings. The fraction of sp³-hybridized carbons (Fsp3) is 0.200. The smallest absolute Gasteiger partial charge is 0.0745 e. The molecule has 154 valence electrons. The van der Waals surface area contributed by atoms with Crippen molar-refractivity contribution in [3.05, 3.63) is 113 Å². The lowest BCUT2D eigenvalue weighted by atomic mass is 9.70. The SMILES string of the molecule is CC.Cc1ccc2c(c1)C1(c3ccccc3-c3ccccc31)c1c-2cccc1N(C)C. The van der Waals surface area contributed by atoms with Crippen LogP contribution in [0.15, 0.2) is 84.9 Å². The van der Waals surface area contributed by atoms with Gasteiger partial charge in [-0.05, 0) is 51.9 Å². The molecule has 0 radical (unpaired) electrons. The molecule has 0 aromatic heterocycles. The van der Waals surface area contributed by atoms with Crippen LogP contribution >= 0.6 is 0 Å². The zero-order valence-corrected chi connectivity index (χ0v) is 19.0. The molecule has 0 fully saturated rings. The topological polar surface area (TPSA) is 3.24 Å². The molecule has 4 aromatic rings. The van der Waals surface area contributed by atoms with Gasteiger partial charge < -0.3 is 4.90 Å². The summed E-state index contributed by atoms with van der Waals surface area (Å²) < 4.78 is 0. The first-order chi connectivity index (χ1) is 15.1.